The molecule has 206 valence electrons. The summed E-state index contributed by atoms with van der Waals surface area (Å²) in [5, 5.41) is 58.5. The van der Waals surface area contributed by atoms with Gasteiger partial charge in [0.05, 0.1) is 29.3 Å². The number of fused-ring (bicyclic) bond motifs is 3. The van der Waals surface area contributed by atoms with E-state index in [0.29, 0.717) is 0 Å². The number of hydrogen-bond donors (Lipinski definition) is 7. The predicted octanol–water partition coefficient (Wildman–Crippen LogP) is 0.251. The molecule has 3 aliphatic carbocycles. The third-order valence-electron chi connectivity index (χ3n) is 7.53. The summed E-state index contributed by atoms with van der Waals surface area (Å²) < 4.78 is 0. The number of primary amides is 1. The van der Waals surface area contributed by atoms with Crippen LogP contribution in [0.15, 0.2) is 34.8 Å². The van der Waals surface area contributed by atoms with Crippen molar-refractivity contribution in [1.82, 2.24) is 4.90 Å². The summed E-state index contributed by atoms with van der Waals surface area (Å²) in [6.45, 7) is 1.60. The molecule has 0 fully saturated rings. The lowest BCUT2D eigenvalue weighted by atomic mass is 9.55. The number of nitrogens with zero attached hydrogens (tertiary/aromatic N) is 1. The number of aliphatic hydroxyl groups excluding tert-OH is 3. The Labute approximate surface area is 227 Å². The van der Waals surface area contributed by atoms with E-state index in [4.69, 9.17) is 17.3 Å². The smallest absolute Gasteiger partial charge is 0.255 e. The number of likely N-dealkylation sites (N-methyl/N-ethyl adjacent to an activating group) is 1. The Kier molecular flexibility index (Phi) is 7.63. The van der Waals surface area contributed by atoms with Gasteiger partial charge < -0.3 is 36.6 Å². The first-order valence-corrected chi connectivity index (χ1v) is 11.8. The molecule has 0 spiro atoms. The molecule has 0 heterocycles. The number of Topliss-reactive ketones (excluding diaryl/α,β-unsaturated/α-hetero) is 2. The number of nitrogens with one attached hydrogen (secondary N) is 1. The summed E-state index contributed by atoms with van der Waals surface area (Å²) in [5.74, 6) is -11.0. The number of nitrogens with two attached hydrogens (primary N) is 1. The Morgan fingerprint density at radius 2 is 1.79 bits per heavy atom. The molecule has 0 bridgehead atoms. The van der Waals surface area contributed by atoms with Gasteiger partial charge in [-0.3, -0.25) is 24.1 Å². The third-order valence-corrected chi connectivity index (χ3v) is 7.77. The first-order valence-electron chi connectivity index (χ1n) is 11.3. The number of ketones is 2. The highest BCUT2D eigenvalue weighted by molar-refractivity contribution is 6.29. The Bertz CT molecular complexity index is 1330. The van der Waals surface area contributed by atoms with E-state index in [0.717, 1.165) is 0 Å². The fraction of sp³-hybridized carbons (Fsp3) is 0.417. The number of alkyl halides is 1. The van der Waals surface area contributed by atoms with E-state index < -0.39 is 93.2 Å². The van der Waals surface area contributed by atoms with Crippen LogP contribution >= 0.6 is 24.0 Å². The molecular weight excluding hydrogens is 545 g/mol. The van der Waals surface area contributed by atoms with Crippen molar-refractivity contribution in [2.45, 2.75) is 30.6 Å². The largest absolute Gasteiger partial charge is 0.510 e. The normalized spacial score (nSPS) is 30.3. The summed E-state index contributed by atoms with van der Waals surface area (Å²) in [6.07, 6.45) is -1.69. The third kappa shape index (κ3) is 3.78. The minimum atomic E-state index is -3.00. The first kappa shape index (κ1) is 29.4. The van der Waals surface area contributed by atoms with Crippen LogP contribution in [0, 0.1) is 11.8 Å². The summed E-state index contributed by atoms with van der Waals surface area (Å²) in [6, 6.07) is 1.47. The molecule has 38 heavy (non-hydrogen) atoms. The maximum atomic E-state index is 13.7. The zero-order valence-corrected chi connectivity index (χ0v) is 22.0. The fourth-order valence-corrected chi connectivity index (χ4v) is 5.97. The topological polar surface area (TPSA) is 211 Å². The number of benzene rings is 1. The number of aromatic hydroxyl groups is 1. The number of carbonyl (C=O) groups excluding carboxylic acids is 4. The van der Waals surface area contributed by atoms with Gasteiger partial charge in [-0.1, -0.05) is 13.0 Å². The predicted molar refractivity (Wildman–Crippen MR) is 136 cm³/mol. The van der Waals surface area contributed by atoms with Gasteiger partial charge in [0.1, 0.15) is 23.0 Å². The quantitative estimate of drug-likeness (QED) is 0.149. The number of aliphatic hydroxyl groups is 4. The maximum absolute atomic E-state index is 13.7. The van der Waals surface area contributed by atoms with E-state index in [1.807, 2.05) is 0 Å². The van der Waals surface area contributed by atoms with Gasteiger partial charge in [0.2, 0.25) is 11.7 Å². The highest BCUT2D eigenvalue weighted by Crippen LogP contribution is 2.56. The minimum Gasteiger partial charge on any atom is -0.510 e. The van der Waals surface area contributed by atoms with E-state index in [1.165, 1.54) is 31.1 Å². The van der Waals surface area contributed by atoms with E-state index in [9.17, 15) is 44.7 Å². The van der Waals surface area contributed by atoms with Gasteiger partial charge >= 0.3 is 0 Å². The Morgan fingerprint density at radius 3 is 2.32 bits per heavy atom. The second kappa shape index (κ2) is 9.86. The molecule has 0 aromatic heterocycles. The van der Waals surface area contributed by atoms with Crippen molar-refractivity contribution in [3.8, 4) is 5.75 Å². The minimum absolute atomic E-state index is 0. The van der Waals surface area contributed by atoms with Gasteiger partial charge in [0.15, 0.2) is 17.1 Å². The highest BCUT2D eigenvalue weighted by Gasteiger charge is 2.67. The molecule has 0 saturated heterocycles. The summed E-state index contributed by atoms with van der Waals surface area (Å²) in [7, 11) is 2.91. The van der Waals surface area contributed by atoms with Gasteiger partial charge in [-0.25, -0.2) is 0 Å². The van der Waals surface area contributed by atoms with Crippen LogP contribution in [0.25, 0.3) is 0 Å². The molecule has 0 radical (unpaired) electrons. The van der Waals surface area contributed by atoms with Gasteiger partial charge in [-0.15, -0.1) is 24.0 Å². The summed E-state index contributed by atoms with van der Waals surface area (Å²) in [4.78, 5) is 52.2. The van der Waals surface area contributed by atoms with Gasteiger partial charge in [0.25, 0.3) is 5.91 Å². The van der Waals surface area contributed by atoms with Crippen LogP contribution in [0.4, 0.5) is 5.69 Å². The number of phenolic OH excluding ortho intramolecular Hbond substituents is 1. The van der Waals surface area contributed by atoms with E-state index in [2.05, 4.69) is 5.32 Å². The van der Waals surface area contributed by atoms with Crippen molar-refractivity contribution in [3.63, 3.8) is 0 Å². The van der Waals surface area contributed by atoms with Gasteiger partial charge in [0, 0.05) is 11.5 Å². The number of halogens is 2. The standard InChI is InChI=1S/C24H26ClN3O9.ClH/c1-7-8-4-5-9(27-10(29)6-25)17(30)12(8)18(31)13-11(7)19(32)15-16(28(2)3)20(33)14(23(26)36)22(35)24(15,37)21(13)34;/h4-5,7,11,15-16,19,30,32-34,37H,6H2,1-3H3,(H2,26,36)(H,27,29);1H/t7?,11?,15?,16-,19?,24-;/m0./s1. The highest BCUT2D eigenvalue weighted by atomic mass is 35.5. The van der Waals surface area contributed by atoms with Crippen LogP contribution in [0.1, 0.15) is 28.8 Å². The molecular formula is C24H27Cl2N3O9. The van der Waals surface area contributed by atoms with Crippen LogP contribution in [0.2, 0.25) is 0 Å². The Hall–Kier alpha value is -3.16. The first-order chi connectivity index (χ1) is 17.2. The van der Waals surface area contributed by atoms with Crippen LogP contribution in [0.3, 0.4) is 0 Å². The molecule has 1 aromatic carbocycles. The molecule has 14 heteroatoms. The zero-order valence-electron chi connectivity index (χ0n) is 20.4. The molecule has 8 N–H and O–H groups in total. The maximum Gasteiger partial charge on any atom is 0.255 e. The lowest BCUT2D eigenvalue weighted by Gasteiger charge is -2.53. The number of anilines is 1. The second-order valence-corrected chi connectivity index (χ2v) is 9.93. The number of hydrogen-bond acceptors (Lipinski definition) is 10. The average Bonchev–Trinajstić information content (AvgIpc) is 2.82. The fourth-order valence-electron chi connectivity index (χ4n) is 5.91. The molecule has 4 rings (SSSR count). The molecule has 4 unspecified atom stereocenters. The summed E-state index contributed by atoms with van der Waals surface area (Å²) in [5.41, 5.74) is 0.608. The van der Waals surface area contributed by atoms with Gasteiger partial charge in [-0.2, -0.15) is 0 Å². The van der Waals surface area contributed by atoms with Crippen molar-refractivity contribution >= 4 is 53.1 Å². The molecule has 1 aromatic rings. The van der Waals surface area contributed by atoms with Gasteiger partial charge in [-0.05, 0) is 31.6 Å². The van der Waals surface area contributed by atoms with E-state index in [1.54, 1.807) is 6.92 Å². The SMILES string of the molecule is CC1c2ccc(NC(=O)CCl)c(O)c2C(=O)C2=C(O)[C@]3(O)C(=O)C(C(N)=O)=C(O)[C@@H](N(C)C)C3C(O)C21.Cl. The average molecular weight is 572 g/mol. The molecule has 6 atom stereocenters. The van der Waals surface area contributed by atoms with Crippen LogP contribution in [-0.4, -0.2) is 91.5 Å². The number of carbonyl (C=O) groups is 4. The van der Waals surface area contributed by atoms with E-state index in [-0.39, 0.29) is 29.2 Å². The van der Waals surface area contributed by atoms with Crippen LogP contribution in [0.5, 0.6) is 5.75 Å². The molecule has 0 saturated carbocycles. The molecule has 0 aliphatic heterocycles. The Balaban J connectivity index is 0.00000400. The summed E-state index contributed by atoms with van der Waals surface area (Å²) >= 11 is 5.50. The van der Waals surface area contributed by atoms with Crippen molar-refractivity contribution in [2.24, 2.45) is 17.6 Å². The van der Waals surface area contributed by atoms with Crippen molar-refractivity contribution < 1.29 is 44.7 Å². The number of phenols is 1. The Morgan fingerprint density at radius 1 is 1.18 bits per heavy atom. The lowest BCUT2D eigenvalue weighted by Crippen LogP contribution is -2.68. The van der Waals surface area contributed by atoms with Crippen molar-refractivity contribution in [2.75, 3.05) is 25.3 Å². The second-order valence-electron chi connectivity index (χ2n) is 9.66. The van der Waals surface area contributed by atoms with Crippen molar-refractivity contribution in [1.29, 1.82) is 0 Å². The van der Waals surface area contributed by atoms with Crippen LogP contribution in [-0.2, 0) is 14.4 Å². The lowest BCUT2D eigenvalue weighted by molar-refractivity contribution is -0.162. The zero-order chi connectivity index (χ0) is 27.7. The molecule has 3 aliphatic rings. The number of amides is 2. The van der Waals surface area contributed by atoms with E-state index >= 15 is 0 Å². The monoisotopic (exact) mass is 571 g/mol. The number of rotatable bonds is 4. The van der Waals surface area contributed by atoms with Crippen molar-refractivity contribution in [3.05, 3.63) is 45.9 Å². The molecule has 2 amide bonds. The molecule has 12 nitrogen and oxygen atoms in total. The van der Waals surface area contributed by atoms with Crippen LogP contribution < -0.4 is 11.1 Å².